The van der Waals surface area contributed by atoms with Crippen LogP contribution >= 0.6 is 9.47 Å². The van der Waals surface area contributed by atoms with Crippen LogP contribution < -0.4 is 0 Å². The van der Waals surface area contributed by atoms with E-state index in [4.69, 9.17) is 4.52 Å². The topological polar surface area (TPSA) is 9.23 Å². The quantitative estimate of drug-likeness (QED) is 0.0424. The molecular weight excluding hydrogens is 505 g/mol. The van der Waals surface area contributed by atoms with Gasteiger partial charge in [0.2, 0.25) is 0 Å². The van der Waals surface area contributed by atoms with Gasteiger partial charge in [0.15, 0.2) is 0 Å². The van der Waals surface area contributed by atoms with Crippen molar-refractivity contribution in [3.63, 3.8) is 0 Å². The monoisotopic (exact) mass is 584 g/mol. The molecule has 2 unspecified atom stereocenters. The summed E-state index contributed by atoms with van der Waals surface area (Å²) < 4.78 is 6.89. The molecule has 0 aliphatic carbocycles. The van der Waals surface area contributed by atoms with E-state index in [9.17, 15) is 0 Å². The number of nitrogens with zero attached hydrogens (tertiary/aromatic N) is 1. The van der Waals surface area contributed by atoms with Crippen molar-refractivity contribution in [2.75, 3.05) is 27.7 Å². The first-order valence-electron chi connectivity index (χ1n) is 18.6. The van der Waals surface area contributed by atoms with Gasteiger partial charge < -0.3 is 18.5 Å². The Morgan fingerprint density at radius 1 is 0.425 bits per heavy atom. The first kappa shape index (κ1) is 40.4. The van der Waals surface area contributed by atoms with E-state index in [1.807, 2.05) is 0 Å². The van der Waals surface area contributed by atoms with Gasteiger partial charge in [-0.1, -0.05) is 187 Å². The summed E-state index contributed by atoms with van der Waals surface area (Å²) >= 11 is 0. The summed E-state index contributed by atoms with van der Waals surface area (Å²) in [5.74, 6) is 0.694. The van der Waals surface area contributed by atoms with Gasteiger partial charge in [0.05, 0.1) is 27.2 Å². The zero-order chi connectivity index (χ0) is 29.6. The van der Waals surface area contributed by atoms with Gasteiger partial charge in [0.25, 0.3) is 0 Å². The molecule has 0 saturated heterocycles. The Hall–Kier alpha value is 0.350. The van der Waals surface area contributed by atoms with E-state index in [-0.39, 0.29) is 0 Å². The highest BCUT2D eigenvalue weighted by Crippen LogP contribution is 2.27. The molecule has 2 atom stereocenters. The fourth-order valence-electron chi connectivity index (χ4n) is 6.36. The lowest BCUT2D eigenvalue weighted by atomic mass is 9.89. The minimum absolute atomic E-state index is 0.330. The molecule has 3 heteroatoms. The predicted molar refractivity (Wildman–Crippen MR) is 185 cm³/mol. The number of rotatable bonds is 33. The van der Waals surface area contributed by atoms with Gasteiger partial charge in [-0.05, 0) is 18.8 Å². The summed E-state index contributed by atoms with van der Waals surface area (Å²) in [7, 11) is 10.4. The highest BCUT2D eigenvalue weighted by Gasteiger charge is 2.24. The molecule has 0 aliphatic heterocycles. The van der Waals surface area contributed by atoms with Crippen LogP contribution in [-0.2, 0) is 4.52 Å². The van der Waals surface area contributed by atoms with Crippen molar-refractivity contribution >= 4 is 9.47 Å². The second-order valence-corrected chi connectivity index (χ2v) is 14.5. The first-order valence-corrected chi connectivity index (χ1v) is 19.0. The standard InChI is InChI=1S/C37H78NOP/c1-6-8-10-12-14-16-18-20-21-22-24-26-28-30-32-34-36(37(39-40)35-38(3,4)5)33-31-29-27-25-23-19-17-15-13-11-9-7-2/h36-37,40H,6-35H2,1-5H3. The fraction of sp³-hybridized carbons (Fsp3) is 1.00. The molecule has 0 bridgehead atoms. The average Bonchev–Trinajstić information content (AvgIpc) is 2.92. The Kier molecular flexibility index (Phi) is 31.1. The number of hydrogen-bond acceptors (Lipinski definition) is 1. The number of likely N-dealkylation sites (N-methyl/N-ethyl adjacent to an activating group) is 1. The third-order valence-electron chi connectivity index (χ3n) is 9.01. The average molecular weight is 584 g/mol. The van der Waals surface area contributed by atoms with E-state index in [1.165, 1.54) is 186 Å². The highest BCUT2D eigenvalue weighted by atomic mass is 31.0. The van der Waals surface area contributed by atoms with Crippen molar-refractivity contribution in [2.24, 2.45) is 5.92 Å². The molecule has 0 spiro atoms. The molecule has 2 nitrogen and oxygen atoms in total. The molecule has 0 aromatic carbocycles. The van der Waals surface area contributed by atoms with Crippen LogP contribution in [0.1, 0.15) is 200 Å². The van der Waals surface area contributed by atoms with Crippen molar-refractivity contribution in [3.8, 4) is 0 Å². The van der Waals surface area contributed by atoms with Gasteiger partial charge in [0, 0.05) is 0 Å². The van der Waals surface area contributed by atoms with Crippen LogP contribution in [0.2, 0.25) is 0 Å². The molecule has 0 rings (SSSR count). The third kappa shape index (κ3) is 29.8. The summed E-state index contributed by atoms with van der Waals surface area (Å²) in [5, 5.41) is 0. The molecule has 0 fully saturated rings. The van der Waals surface area contributed by atoms with Gasteiger partial charge in [-0.15, -0.1) is 0 Å². The van der Waals surface area contributed by atoms with Crippen molar-refractivity contribution in [1.82, 2.24) is 0 Å². The molecule has 0 heterocycles. The smallest absolute Gasteiger partial charge is 0.102 e. The number of quaternary nitrogens is 1. The molecule has 40 heavy (non-hydrogen) atoms. The lowest BCUT2D eigenvalue weighted by Crippen LogP contribution is -2.44. The van der Waals surface area contributed by atoms with Gasteiger partial charge in [0.1, 0.15) is 6.54 Å². The van der Waals surface area contributed by atoms with Crippen LogP contribution in [0.15, 0.2) is 0 Å². The second-order valence-electron chi connectivity index (χ2n) is 14.3. The van der Waals surface area contributed by atoms with Crippen LogP contribution in [-0.4, -0.2) is 38.3 Å². The number of unbranched alkanes of at least 4 members (excludes halogenated alkanes) is 25. The molecule has 0 amide bonds. The number of hydrogen-bond donors (Lipinski definition) is 0. The minimum Gasteiger partial charge on any atom is -0.554 e. The van der Waals surface area contributed by atoms with Crippen molar-refractivity contribution in [2.45, 2.75) is 206 Å². The summed E-state index contributed by atoms with van der Waals surface area (Å²) in [6, 6.07) is 0. The molecule has 0 N–H and O–H groups in total. The lowest BCUT2D eigenvalue weighted by Gasteiger charge is -2.36. The van der Waals surface area contributed by atoms with E-state index in [0.29, 0.717) is 12.0 Å². The summed E-state index contributed by atoms with van der Waals surface area (Å²) in [6.07, 6.45) is 41.8. The summed E-state index contributed by atoms with van der Waals surface area (Å²) in [4.78, 5) is 0. The van der Waals surface area contributed by atoms with Crippen LogP contribution in [0.25, 0.3) is 0 Å². The summed E-state index contributed by atoms with van der Waals surface area (Å²) in [5.41, 5.74) is 0. The largest absolute Gasteiger partial charge is 0.554 e. The summed E-state index contributed by atoms with van der Waals surface area (Å²) in [6.45, 7) is 5.70. The second kappa shape index (κ2) is 30.8. The Balaban J connectivity index is 3.95. The normalized spacial score (nSPS) is 13.7. The van der Waals surface area contributed by atoms with E-state index in [2.05, 4.69) is 44.5 Å². The van der Waals surface area contributed by atoms with Crippen LogP contribution in [0.4, 0.5) is 0 Å². The maximum absolute atomic E-state index is 5.91. The van der Waals surface area contributed by atoms with Crippen molar-refractivity contribution in [3.05, 3.63) is 0 Å². The minimum atomic E-state index is 0.330. The van der Waals surface area contributed by atoms with Gasteiger partial charge in [-0.2, -0.15) is 0 Å². The molecular formula is C37H78NOP. The molecule has 0 aromatic heterocycles. The zero-order valence-corrected chi connectivity index (χ0v) is 29.7. The Morgan fingerprint density at radius 2 is 0.675 bits per heavy atom. The lowest BCUT2D eigenvalue weighted by molar-refractivity contribution is -0.873. The van der Waals surface area contributed by atoms with Gasteiger partial charge in [-0.25, -0.2) is 0 Å². The van der Waals surface area contributed by atoms with Crippen LogP contribution in [0.5, 0.6) is 0 Å². The van der Waals surface area contributed by atoms with Crippen molar-refractivity contribution in [1.29, 1.82) is 0 Å². The van der Waals surface area contributed by atoms with Gasteiger partial charge in [-0.3, -0.25) is 0 Å². The molecule has 0 saturated carbocycles. The fourth-order valence-corrected chi connectivity index (χ4v) is 6.63. The first-order chi connectivity index (χ1) is 19.4. The molecule has 0 aromatic rings. The van der Waals surface area contributed by atoms with Crippen molar-refractivity contribution < 1.29 is 9.01 Å². The SMILES string of the molecule is CCCCCCCCCCCCCCCCCC(CCCCCCCCCCCCCC)C(C[N+](C)(C)C)O[PH-]. The Morgan fingerprint density at radius 3 is 0.900 bits per heavy atom. The highest BCUT2D eigenvalue weighted by molar-refractivity contribution is 7.09. The molecule has 242 valence electrons. The van der Waals surface area contributed by atoms with E-state index < -0.39 is 0 Å². The van der Waals surface area contributed by atoms with E-state index in [1.54, 1.807) is 0 Å². The zero-order valence-electron chi connectivity index (χ0n) is 28.7. The third-order valence-corrected chi connectivity index (χ3v) is 9.31. The Labute approximate surface area is 257 Å². The maximum Gasteiger partial charge on any atom is 0.102 e. The maximum atomic E-state index is 5.91. The van der Waals surface area contributed by atoms with E-state index >= 15 is 0 Å². The van der Waals surface area contributed by atoms with Gasteiger partial charge >= 0.3 is 0 Å². The van der Waals surface area contributed by atoms with Crippen LogP contribution in [0.3, 0.4) is 0 Å². The van der Waals surface area contributed by atoms with Crippen LogP contribution in [0, 0.1) is 5.92 Å². The predicted octanol–water partition coefficient (Wildman–Crippen LogP) is 13.1. The Bertz CT molecular complexity index is 477. The van der Waals surface area contributed by atoms with E-state index in [0.717, 1.165) is 11.0 Å². The molecule has 0 aliphatic rings. The molecule has 0 radical (unpaired) electrons.